The molecule has 0 atom stereocenters. The number of halogens is 2. The van der Waals surface area contributed by atoms with Gasteiger partial charge >= 0.3 is 0 Å². The van der Waals surface area contributed by atoms with Crippen LogP contribution in [-0.2, 0) is 0 Å². The van der Waals surface area contributed by atoms with E-state index in [4.69, 9.17) is 35.4 Å². The van der Waals surface area contributed by atoms with Crippen LogP contribution in [0.25, 0.3) is 0 Å². The lowest BCUT2D eigenvalue weighted by Gasteiger charge is -1.96. The van der Waals surface area contributed by atoms with Crippen LogP contribution in [0, 0.1) is 3.95 Å². The molecule has 0 aliphatic rings. The lowest BCUT2D eigenvalue weighted by Crippen LogP contribution is -1.82. The Morgan fingerprint density at radius 2 is 2.25 bits per heavy atom. The van der Waals surface area contributed by atoms with Crippen LogP contribution < -0.4 is 0 Å². The maximum atomic E-state index is 5.98. The molecule has 0 aliphatic heterocycles. The lowest BCUT2D eigenvalue weighted by atomic mass is 10.2. The van der Waals surface area contributed by atoms with Gasteiger partial charge in [0.25, 0.3) is 0 Å². The van der Waals surface area contributed by atoms with Gasteiger partial charge in [-0.3, -0.25) is 5.10 Å². The Balaban J connectivity index is 2.27. The third-order valence-electron chi connectivity index (χ3n) is 1.70. The van der Waals surface area contributed by atoms with E-state index >= 15 is 0 Å². The van der Waals surface area contributed by atoms with Gasteiger partial charge < -0.3 is 0 Å². The van der Waals surface area contributed by atoms with E-state index in [-0.39, 0.29) is 0 Å². The highest BCUT2D eigenvalue weighted by Gasteiger charge is 1.99. The van der Waals surface area contributed by atoms with Crippen LogP contribution in [0.2, 0.25) is 10.0 Å². The molecule has 0 fully saturated rings. The van der Waals surface area contributed by atoms with Gasteiger partial charge in [0, 0.05) is 16.8 Å². The fourth-order valence-electron chi connectivity index (χ4n) is 1.01. The molecule has 7 heteroatoms. The van der Waals surface area contributed by atoms with Crippen molar-refractivity contribution >= 4 is 58.1 Å². The number of rotatable bonds is 2. The summed E-state index contributed by atoms with van der Waals surface area (Å²) in [4.78, 5) is 4.14. The summed E-state index contributed by atoms with van der Waals surface area (Å²) in [5.74, 6) is 0. The minimum Gasteiger partial charge on any atom is -0.256 e. The summed E-state index contributed by atoms with van der Waals surface area (Å²) in [7, 11) is 0. The van der Waals surface area contributed by atoms with E-state index in [9.17, 15) is 0 Å². The van der Waals surface area contributed by atoms with Crippen molar-refractivity contribution in [1.29, 1.82) is 0 Å². The Hall–Kier alpha value is -0.750. The van der Waals surface area contributed by atoms with Crippen molar-refractivity contribution in [3.05, 3.63) is 37.8 Å². The van der Waals surface area contributed by atoms with Gasteiger partial charge in [-0.25, -0.2) is 4.99 Å². The van der Waals surface area contributed by atoms with Gasteiger partial charge in [0.1, 0.15) is 0 Å². The van der Waals surface area contributed by atoms with Crippen LogP contribution in [0.3, 0.4) is 0 Å². The van der Waals surface area contributed by atoms with E-state index in [0.29, 0.717) is 19.1 Å². The van der Waals surface area contributed by atoms with Crippen molar-refractivity contribution in [2.45, 2.75) is 0 Å². The smallest absolute Gasteiger partial charge is 0.230 e. The van der Waals surface area contributed by atoms with Crippen LogP contribution in [0.1, 0.15) is 5.56 Å². The van der Waals surface area contributed by atoms with E-state index in [1.54, 1.807) is 24.4 Å². The number of hydrogen-bond donors (Lipinski definition) is 1. The quantitative estimate of drug-likeness (QED) is 0.663. The highest BCUT2D eigenvalue weighted by molar-refractivity contribution is 7.73. The summed E-state index contributed by atoms with van der Waals surface area (Å²) in [6.45, 7) is 0. The molecule has 0 aliphatic carbocycles. The molecule has 0 spiro atoms. The average Bonchev–Trinajstić information content (AvgIpc) is 2.63. The maximum absolute atomic E-state index is 5.98. The summed E-state index contributed by atoms with van der Waals surface area (Å²) < 4.78 is 0.592. The van der Waals surface area contributed by atoms with Gasteiger partial charge in [-0.05, 0) is 24.4 Å². The minimum atomic E-state index is 0.551. The second-order valence-electron chi connectivity index (χ2n) is 2.82. The molecular weight excluding hydrogens is 285 g/mol. The zero-order valence-corrected chi connectivity index (χ0v) is 10.9. The van der Waals surface area contributed by atoms with E-state index < -0.39 is 0 Å². The maximum Gasteiger partial charge on any atom is 0.230 e. The molecule has 0 unspecified atom stereocenters. The zero-order chi connectivity index (χ0) is 11.5. The molecule has 0 amide bonds. The molecule has 2 aromatic rings. The Morgan fingerprint density at radius 1 is 1.44 bits per heavy atom. The van der Waals surface area contributed by atoms with Gasteiger partial charge in [0.05, 0.1) is 5.02 Å². The fraction of sp³-hybridized carbons (Fsp3) is 0. The molecular formula is C9H5Cl2N3S2. The van der Waals surface area contributed by atoms with Gasteiger partial charge in [0.15, 0.2) is 3.95 Å². The molecule has 0 saturated carbocycles. The van der Waals surface area contributed by atoms with Gasteiger partial charge in [-0.1, -0.05) is 40.6 Å². The molecule has 82 valence electrons. The van der Waals surface area contributed by atoms with Crippen LogP contribution in [0.4, 0.5) is 5.13 Å². The van der Waals surface area contributed by atoms with Crippen molar-refractivity contribution < 1.29 is 0 Å². The van der Waals surface area contributed by atoms with Gasteiger partial charge in [-0.15, -0.1) is 5.10 Å². The third kappa shape index (κ3) is 2.89. The van der Waals surface area contributed by atoms with E-state index in [1.165, 1.54) is 11.3 Å². The molecule has 3 nitrogen and oxygen atoms in total. The lowest BCUT2D eigenvalue weighted by molar-refractivity contribution is 1.07. The molecule has 16 heavy (non-hydrogen) atoms. The van der Waals surface area contributed by atoms with Crippen molar-refractivity contribution in [3.8, 4) is 0 Å². The zero-order valence-electron chi connectivity index (χ0n) is 7.78. The van der Waals surface area contributed by atoms with Crippen molar-refractivity contribution in [3.63, 3.8) is 0 Å². The summed E-state index contributed by atoms with van der Waals surface area (Å²) in [6.07, 6.45) is 1.63. The summed E-state index contributed by atoms with van der Waals surface area (Å²) in [5, 5.41) is 8.26. The molecule has 0 saturated heterocycles. The predicted octanol–water partition coefficient (Wildman–Crippen LogP) is 4.26. The number of nitrogens with one attached hydrogen (secondary N) is 1. The van der Waals surface area contributed by atoms with Crippen LogP contribution >= 0.6 is 46.8 Å². The van der Waals surface area contributed by atoms with Crippen molar-refractivity contribution in [2.75, 3.05) is 0 Å². The number of hydrogen-bond acceptors (Lipinski definition) is 4. The number of aliphatic imine (C=N–C) groups is 1. The number of benzene rings is 1. The molecule has 1 heterocycles. The van der Waals surface area contributed by atoms with E-state index in [1.807, 2.05) is 0 Å². The van der Waals surface area contributed by atoms with Gasteiger partial charge in [-0.2, -0.15) is 0 Å². The van der Waals surface area contributed by atoms with Gasteiger partial charge in [0.2, 0.25) is 5.13 Å². The first-order chi connectivity index (χ1) is 7.65. The first kappa shape index (κ1) is 11.7. The summed E-state index contributed by atoms with van der Waals surface area (Å²) in [6, 6.07) is 5.21. The number of nitrogens with zero attached hydrogens (tertiary/aromatic N) is 2. The monoisotopic (exact) mass is 289 g/mol. The summed E-state index contributed by atoms with van der Waals surface area (Å²) in [5.41, 5.74) is 0.784. The Bertz CT molecular complexity index is 588. The standard InChI is InChI=1S/C9H5Cl2N3S2/c10-6-2-1-5(7(11)3-6)4-12-8-13-14-9(15)16-8/h1-4H,(H,14,15)/b12-4+. The first-order valence-electron chi connectivity index (χ1n) is 4.20. The largest absolute Gasteiger partial charge is 0.256 e. The average molecular weight is 290 g/mol. The normalized spacial score (nSPS) is 11.1. The molecule has 1 aromatic carbocycles. The number of aromatic amines is 1. The Morgan fingerprint density at radius 3 is 2.88 bits per heavy atom. The Labute approximate surface area is 111 Å². The third-order valence-corrected chi connectivity index (χ3v) is 3.26. The van der Waals surface area contributed by atoms with E-state index in [0.717, 1.165) is 5.56 Å². The fourth-order valence-corrected chi connectivity index (χ4v) is 2.19. The topological polar surface area (TPSA) is 41.0 Å². The second-order valence-corrected chi connectivity index (χ2v) is 5.31. The molecule has 1 aromatic heterocycles. The first-order valence-corrected chi connectivity index (χ1v) is 6.18. The predicted molar refractivity (Wildman–Crippen MR) is 71.0 cm³/mol. The minimum absolute atomic E-state index is 0.551. The molecule has 2 rings (SSSR count). The van der Waals surface area contributed by atoms with Crippen molar-refractivity contribution in [1.82, 2.24) is 10.2 Å². The second kappa shape index (κ2) is 5.05. The van der Waals surface area contributed by atoms with Crippen LogP contribution in [0.5, 0.6) is 0 Å². The molecule has 0 radical (unpaired) electrons. The number of H-pyrrole nitrogens is 1. The molecule has 0 bridgehead atoms. The highest BCUT2D eigenvalue weighted by Crippen LogP contribution is 2.21. The highest BCUT2D eigenvalue weighted by atomic mass is 35.5. The molecule has 1 N–H and O–H groups in total. The number of aromatic nitrogens is 2. The van der Waals surface area contributed by atoms with Crippen LogP contribution in [0.15, 0.2) is 23.2 Å². The Kier molecular flexibility index (Phi) is 3.70. The SMILES string of the molecule is S=c1[nH]nc(/N=C/c2ccc(Cl)cc2Cl)s1. The summed E-state index contributed by atoms with van der Waals surface area (Å²) >= 11 is 17.9. The van der Waals surface area contributed by atoms with E-state index in [2.05, 4.69) is 15.2 Å². The van der Waals surface area contributed by atoms with Crippen LogP contribution in [-0.4, -0.2) is 16.4 Å². The van der Waals surface area contributed by atoms with Crippen molar-refractivity contribution in [2.24, 2.45) is 4.99 Å².